The maximum Gasteiger partial charge on any atom is 0.249 e. The predicted octanol–water partition coefficient (Wildman–Crippen LogP) is 2.96. The van der Waals surface area contributed by atoms with Crippen LogP contribution in [-0.2, 0) is 9.59 Å². The molecule has 2 unspecified atom stereocenters. The summed E-state index contributed by atoms with van der Waals surface area (Å²) in [5.74, 6) is 0.724. The highest BCUT2D eigenvalue weighted by Gasteiger charge is 2.50. The molecule has 21 heavy (non-hydrogen) atoms. The highest BCUT2D eigenvalue weighted by molar-refractivity contribution is 6.00. The normalized spacial score (nSPS) is 23.7. The van der Waals surface area contributed by atoms with Crippen molar-refractivity contribution in [1.29, 1.82) is 0 Å². The van der Waals surface area contributed by atoms with E-state index in [1.54, 1.807) is 0 Å². The van der Waals surface area contributed by atoms with Gasteiger partial charge < -0.3 is 10.2 Å². The first-order valence-electron chi connectivity index (χ1n) is 8.34. The number of nitrogens with zero attached hydrogens (tertiary/aromatic N) is 1. The first-order chi connectivity index (χ1) is 9.70. The summed E-state index contributed by atoms with van der Waals surface area (Å²) in [5.41, 5.74) is -0.715. The molecule has 1 aliphatic heterocycles. The molecule has 1 fully saturated rings. The Hall–Kier alpha value is -1.06. The zero-order valence-corrected chi connectivity index (χ0v) is 14.7. The van der Waals surface area contributed by atoms with E-state index < -0.39 is 5.54 Å². The lowest BCUT2D eigenvalue weighted by molar-refractivity contribution is -0.160. The third-order valence-electron chi connectivity index (χ3n) is 4.70. The third-order valence-corrected chi connectivity index (χ3v) is 4.70. The van der Waals surface area contributed by atoms with E-state index in [1.165, 1.54) is 0 Å². The molecule has 0 aromatic heterocycles. The van der Waals surface area contributed by atoms with E-state index in [-0.39, 0.29) is 29.8 Å². The molecule has 0 radical (unpaired) electrons. The summed E-state index contributed by atoms with van der Waals surface area (Å²) in [6, 6.07) is -0.258. The van der Waals surface area contributed by atoms with Gasteiger partial charge in [0, 0.05) is 6.04 Å². The lowest BCUT2D eigenvalue weighted by Crippen LogP contribution is -2.72. The number of carbonyl (C=O) groups excluding carboxylic acids is 2. The molecule has 0 spiro atoms. The first-order valence-corrected chi connectivity index (χ1v) is 8.34. The fourth-order valence-electron chi connectivity index (χ4n) is 3.49. The fourth-order valence-corrected chi connectivity index (χ4v) is 3.49. The van der Waals surface area contributed by atoms with E-state index >= 15 is 0 Å². The van der Waals surface area contributed by atoms with Gasteiger partial charge in [-0.3, -0.25) is 9.59 Å². The number of nitrogens with one attached hydrogen (secondary N) is 1. The Labute approximate surface area is 129 Å². The molecule has 0 aromatic carbocycles. The van der Waals surface area contributed by atoms with Gasteiger partial charge in [0.25, 0.3) is 0 Å². The van der Waals surface area contributed by atoms with E-state index in [2.05, 4.69) is 26.1 Å². The summed E-state index contributed by atoms with van der Waals surface area (Å²) in [6.07, 6.45) is 2.21. The van der Waals surface area contributed by atoms with Gasteiger partial charge >= 0.3 is 0 Å². The van der Waals surface area contributed by atoms with Crippen molar-refractivity contribution in [3.8, 4) is 0 Å². The van der Waals surface area contributed by atoms with Gasteiger partial charge in [-0.2, -0.15) is 0 Å². The average molecular weight is 296 g/mol. The minimum Gasteiger partial charge on any atom is -0.340 e. The maximum absolute atomic E-state index is 13.1. The second kappa shape index (κ2) is 6.80. The van der Waals surface area contributed by atoms with Crippen molar-refractivity contribution >= 4 is 11.8 Å². The molecule has 122 valence electrons. The Bertz CT molecular complexity index is 386. The highest BCUT2D eigenvalue weighted by atomic mass is 16.2. The van der Waals surface area contributed by atoms with Gasteiger partial charge in [-0.05, 0) is 38.0 Å². The molecule has 4 nitrogen and oxygen atoms in total. The molecular formula is C17H32N2O2. The van der Waals surface area contributed by atoms with Gasteiger partial charge in [0.2, 0.25) is 11.8 Å². The largest absolute Gasteiger partial charge is 0.340 e. The second-order valence-corrected chi connectivity index (χ2v) is 7.16. The van der Waals surface area contributed by atoms with Crippen LogP contribution in [0.5, 0.6) is 0 Å². The number of carbonyl (C=O) groups is 2. The van der Waals surface area contributed by atoms with Gasteiger partial charge in [-0.1, -0.05) is 41.5 Å². The number of rotatable bonds is 6. The van der Waals surface area contributed by atoms with Crippen molar-refractivity contribution in [3.05, 3.63) is 0 Å². The SMILES string of the molecule is CCC1(CC)NC(=O)C(C(C)C)N(C(C)CC(C)C)C1=O. The molecule has 0 bridgehead atoms. The summed E-state index contributed by atoms with van der Waals surface area (Å²) in [6.45, 7) is 14.4. The van der Waals surface area contributed by atoms with Crippen LogP contribution in [0, 0.1) is 11.8 Å². The highest BCUT2D eigenvalue weighted by Crippen LogP contribution is 2.30. The predicted molar refractivity (Wildman–Crippen MR) is 85.8 cm³/mol. The van der Waals surface area contributed by atoms with Crippen molar-refractivity contribution in [3.63, 3.8) is 0 Å². The lowest BCUT2D eigenvalue weighted by Gasteiger charge is -2.49. The van der Waals surface area contributed by atoms with Gasteiger partial charge in [-0.15, -0.1) is 0 Å². The van der Waals surface area contributed by atoms with Crippen molar-refractivity contribution in [2.45, 2.75) is 85.4 Å². The fraction of sp³-hybridized carbons (Fsp3) is 0.882. The Morgan fingerprint density at radius 2 is 1.62 bits per heavy atom. The number of amides is 2. The summed E-state index contributed by atoms with van der Waals surface area (Å²) in [4.78, 5) is 27.6. The van der Waals surface area contributed by atoms with Crippen LogP contribution in [0.4, 0.5) is 0 Å². The monoisotopic (exact) mass is 296 g/mol. The Kier molecular flexibility index (Phi) is 5.83. The van der Waals surface area contributed by atoms with E-state index in [0.717, 1.165) is 6.42 Å². The maximum atomic E-state index is 13.1. The number of hydrogen-bond acceptors (Lipinski definition) is 2. The van der Waals surface area contributed by atoms with Gasteiger partial charge in [0.05, 0.1) is 0 Å². The molecule has 4 heteroatoms. The molecule has 1 saturated heterocycles. The van der Waals surface area contributed by atoms with Crippen LogP contribution in [0.15, 0.2) is 0 Å². The van der Waals surface area contributed by atoms with E-state index in [1.807, 2.05) is 32.6 Å². The van der Waals surface area contributed by atoms with Crippen LogP contribution < -0.4 is 5.32 Å². The van der Waals surface area contributed by atoms with Crippen molar-refractivity contribution in [1.82, 2.24) is 10.2 Å². The molecule has 1 aliphatic rings. The summed E-state index contributed by atoms with van der Waals surface area (Å²) >= 11 is 0. The average Bonchev–Trinajstić information content (AvgIpc) is 2.39. The number of hydrogen-bond donors (Lipinski definition) is 1. The van der Waals surface area contributed by atoms with Crippen molar-refractivity contribution in [2.24, 2.45) is 11.8 Å². The van der Waals surface area contributed by atoms with Gasteiger partial charge in [0.1, 0.15) is 11.6 Å². The lowest BCUT2D eigenvalue weighted by atomic mass is 9.83. The standard InChI is InChI=1S/C17H32N2O2/c1-8-17(9-2)16(21)19(13(7)10-11(3)4)14(12(5)6)15(20)18-17/h11-14H,8-10H2,1-7H3,(H,18,20). The minimum atomic E-state index is -0.715. The molecule has 2 atom stereocenters. The molecule has 0 saturated carbocycles. The van der Waals surface area contributed by atoms with Gasteiger partial charge in [-0.25, -0.2) is 0 Å². The molecular weight excluding hydrogens is 264 g/mol. The quantitative estimate of drug-likeness (QED) is 0.819. The van der Waals surface area contributed by atoms with Crippen LogP contribution in [0.25, 0.3) is 0 Å². The third kappa shape index (κ3) is 3.41. The van der Waals surface area contributed by atoms with Crippen molar-refractivity contribution < 1.29 is 9.59 Å². The zero-order chi connectivity index (χ0) is 16.4. The van der Waals surface area contributed by atoms with Crippen LogP contribution >= 0.6 is 0 Å². The minimum absolute atomic E-state index is 0.00362. The molecule has 0 aliphatic carbocycles. The molecule has 1 N–H and O–H groups in total. The second-order valence-electron chi connectivity index (χ2n) is 7.16. The smallest absolute Gasteiger partial charge is 0.249 e. The van der Waals surface area contributed by atoms with E-state index in [9.17, 15) is 9.59 Å². The topological polar surface area (TPSA) is 49.4 Å². The number of piperazine rings is 1. The van der Waals surface area contributed by atoms with Gasteiger partial charge in [0.15, 0.2) is 0 Å². The Morgan fingerprint density at radius 3 is 2.00 bits per heavy atom. The van der Waals surface area contributed by atoms with Crippen molar-refractivity contribution in [2.75, 3.05) is 0 Å². The van der Waals surface area contributed by atoms with Crippen LogP contribution in [0.3, 0.4) is 0 Å². The molecule has 2 amide bonds. The summed E-state index contributed by atoms with van der Waals surface area (Å²) < 4.78 is 0. The van der Waals surface area contributed by atoms with Crippen LogP contribution in [0.2, 0.25) is 0 Å². The zero-order valence-electron chi connectivity index (χ0n) is 14.7. The summed E-state index contributed by atoms with van der Waals surface area (Å²) in [7, 11) is 0. The Morgan fingerprint density at radius 1 is 1.10 bits per heavy atom. The van der Waals surface area contributed by atoms with Crippen LogP contribution in [-0.4, -0.2) is 34.3 Å². The van der Waals surface area contributed by atoms with E-state index in [4.69, 9.17) is 0 Å². The Balaban J connectivity index is 3.21. The first kappa shape index (κ1) is 18.0. The summed E-state index contributed by atoms with van der Waals surface area (Å²) in [5, 5.41) is 3.02. The van der Waals surface area contributed by atoms with E-state index in [0.29, 0.717) is 18.8 Å². The van der Waals surface area contributed by atoms with Crippen LogP contribution in [0.1, 0.15) is 67.7 Å². The molecule has 0 aromatic rings. The molecule has 1 heterocycles. The molecule has 1 rings (SSSR count).